The summed E-state index contributed by atoms with van der Waals surface area (Å²) in [5.74, 6) is -0.345. The van der Waals surface area contributed by atoms with Gasteiger partial charge in [-0.05, 0) is 36.9 Å². The highest BCUT2D eigenvalue weighted by atomic mass is 16.1. The van der Waals surface area contributed by atoms with Crippen molar-refractivity contribution in [1.82, 2.24) is 0 Å². The molecule has 3 nitrogen and oxygen atoms in total. The van der Waals surface area contributed by atoms with E-state index in [0.29, 0.717) is 6.42 Å². The van der Waals surface area contributed by atoms with Gasteiger partial charge in [0.15, 0.2) is 0 Å². The summed E-state index contributed by atoms with van der Waals surface area (Å²) in [4.78, 5) is 10.9. The van der Waals surface area contributed by atoms with Gasteiger partial charge < -0.3 is 11.5 Å². The van der Waals surface area contributed by atoms with Gasteiger partial charge in [0.05, 0.1) is 0 Å². The third-order valence-corrected chi connectivity index (χ3v) is 2.72. The van der Waals surface area contributed by atoms with Crippen LogP contribution in [0.3, 0.4) is 0 Å². The van der Waals surface area contributed by atoms with Gasteiger partial charge >= 0.3 is 0 Å². The zero-order valence-electron chi connectivity index (χ0n) is 9.78. The maximum absolute atomic E-state index is 10.9. The molecular formula is C13H20N2O. The van der Waals surface area contributed by atoms with E-state index in [1.54, 1.807) is 0 Å². The molecule has 0 unspecified atom stereocenters. The summed E-state index contributed by atoms with van der Waals surface area (Å²) in [5, 5.41) is 0. The second-order valence-electron chi connectivity index (χ2n) is 4.22. The molecule has 1 aromatic rings. The molecule has 1 amide bonds. The summed E-state index contributed by atoms with van der Waals surface area (Å²) in [7, 11) is 0. The monoisotopic (exact) mass is 220 g/mol. The molecule has 0 spiro atoms. The number of hydrogen-bond acceptors (Lipinski definition) is 2. The summed E-state index contributed by atoms with van der Waals surface area (Å²) >= 11 is 0. The molecule has 1 atom stereocenters. The Morgan fingerprint density at radius 1 is 1.25 bits per heavy atom. The van der Waals surface area contributed by atoms with Crippen molar-refractivity contribution in [2.75, 3.05) is 6.54 Å². The fraction of sp³-hybridized carbons (Fsp3) is 0.462. The maximum atomic E-state index is 10.9. The minimum Gasteiger partial charge on any atom is -0.369 e. The standard InChI is InChI=1S/C13H20N2O/c1-10(13(15)16)9-12-6-4-11(5-7-12)3-2-8-14/h4-7,10H,2-3,8-9,14H2,1H3,(H2,15,16)/t10-/m0/s1. The Labute approximate surface area is 96.8 Å². The van der Waals surface area contributed by atoms with Crippen molar-refractivity contribution in [3.63, 3.8) is 0 Å². The van der Waals surface area contributed by atoms with Gasteiger partial charge in [0.2, 0.25) is 5.91 Å². The highest BCUT2D eigenvalue weighted by Crippen LogP contribution is 2.11. The number of benzene rings is 1. The van der Waals surface area contributed by atoms with Crippen molar-refractivity contribution in [2.24, 2.45) is 17.4 Å². The first-order chi connectivity index (χ1) is 7.63. The van der Waals surface area contributed by atoms with Crippen molar-refractivity contribution >= 4 is 5.91 Å². The van der Waals surface area contributed by atoms with E-state index in [1.165, 1.54) is 5.56 Å². The van der Waals surface area contributed by atoms with Gasteiger partial charge in [-0.2, -0.15) is 0 Å². The van der Waals surface area contributed by atoms with E-state index < -0.39 is 0 Å². The van der Waals surface area contributed by atoms with Crippen LogP contribution in [0.4, 0.5) is 0 Å². The molecule has 88 valence electrons. The Hall–Kier alpha value is -1.35. The SMILES string of the molecule is C[C@@H](Cc1ccc(CCCN)cc1)C(N)=O. The Balaban J connectivity index is 2.54. The number of rotatable bonds is 6. The highest BCUT2D eigenvalue weighted by molar-refractivity contribution is 5.76. The Kier molecular flexibility index (Phi) is 4.99. The Bertz CT molecular complexity index is 332. The second kappa shape index (κ2) is 6.28. The predicted molar refractivity (Wildman–Crippen MR) is 65.9 cm³/mol. The van der Waals surface area contributed by atoms with Gasteiger partial charge in [-0.15, -0.1) is 0 Å². The van der Waals surface area contributed by atoms with Crippen LogP contribution in [0.25, 0.3) is 0 Å². The molecule has 0 aliphatic rings. The first-order valence-electron chi connectivity index (χ1n) is 5.70. The summed E-state index contributed by atoms with van der Waals surface area (Å²) in [6.07, 6.45) is 2.74. The Morgan fingerprint density at radius 2 is 1.81 bits per heavy atom. The van der Waals surface area contributed by atoms with E-state index in [4.69, 9.17) is 11.5 Å². The molecule has 0 radical (unpaired) electrons. The average Bonchev–Trinajstić information content (AvgIpc) is 2.28. The van der Waals surface area contributed by atoms with E-state index in [2.05, 4.69) is 24.3 Å². The van der Waals surface area contributed by atoms with E-state index in [0.717, 1.165) is 24.9 Å². The zero-order valence-corrected chi connectivity index (χ0v) is 9.78. The summed E-state index contributed by atoms with van der Waals surface area (Å²) < 4.78 is 0. The molecule has 0 fully saturated rings. The Morgan fingerprint density at radius 3 is 2.31 bits per heavy atom. The fourth-order valence-electron chi connectivity index (χ4n) is 1.60. The minimum absolute atomic E-state index is 0.102. The van der Waals surface area contributed by atoms with Crippen molar-refractivity contribution in [1.29, 1.82) is 0 Å². The normalized spacial score (nSPS) is 12.4. The molecule has 0 saturated carbocycles. The van der Waals surface area contributed by atoms with Crippen LogP contribution in [0.5, 0.6) is 0 Å². The molecule has 4 N–H and O–H groups in total. The quantitative estimate of drug-likeness (QED) is 0.757. The van der Waals surface area contributed by atoms with Gasteiger partial charge in [-0.25, -0.2) is 0 Å². The largest absolute Gasteiger partial charge is 0.369 e. The molecule has 0 aliphatic carbocycles. The summed E-state index contributed by atoms with van der Waals surface area (Å²) in [5.41, 5.74) is 13.1. The van der Waals surface area contributed by atoms with Crippen LogP contribution < -0.4 is 11.5 Å². The molecule has 0 aromatic heterocycles. The maximum Gasteiger partial charge on any atom is 0.220 e. The van der Waals surface area contributed by atoms with Crippen LogP contribution in [0.15, 0.2) is 24.3 Å². The van der Waals surface area contributed by atoms with Crippen LogP contribution in [0.1, 0.15) is 24.5 Å². The molecule has 0 aliphatic heterocycles. The van der Waals surface area contributed by atoms with Crippen LogP contribution in [-0.2, 0) is 17.6 Å². The number of carbonyl (C=O) groups excluding carboxylic acids is 1. The van der Waals surface area contributed by atoms with Gasteiger partial charge in [-0.3, -0.25) is 4.79 Å². The van der Waals surface area contributed by atoms with E-state index in [9.17, 15) is 4.79 Å². The van der Waals surface area contributed by atoms with Gasteiger partial charge in [0, 0.05) is 5.92 Å². The lowest BCUT2D eigenvalue weighted by molar-refractivity contribution is -0.121. The number of amides is 1. The smallest absolute Gasteiger partial charge is 0.220 e. The molecule has 3 heteroatoms. The lowest BCUT2D eigenvalue weighted by Crippen LogP contribution is -2.22. The van der Waals surface area contributed by atoms with Gasteiger partial charge in [-0.1, -0.05) is 31.2 Å². The number of carbonyl (C=O) groups is 1. The number of aryl methyl sites for hydroxylation is 1. The molecule has 0 saturated heterocycles. The number of nitrogens with two attached hydrogens (primary N) is 2. The lowest BCUT2D eigenvalue weighted by Gasteiger charge is -2.07. The van der Waals surface area contributed by atoms with Crippen molar-refractivity contribution in [3.05, 3.63) is 35.4 Å². The van der Waals surface area contributed by atoms with Crippen molar-refractivity contribution in [3.8, 4) is 0 Å². The first kappa shape index (κ1) is 12.7. The molecule has 0 heterocycles. The van der Waals surface area contributed by atoms with Crippen LogP contribution in [0, 0.1) is 5.92 Å². The van der Waals surface area contributed by atoms with Gasteiger partial charge in [0.1, 0.15) is 0 Å². The third-order valence-electron chi connectivity index (χ3n) is 2.72. The van der Waals surface area contributed by atoms with Crippen molar-refractivity contribution in [2.45, 2.75) is 26.2 Å². The topological polar surface area (TPSA) is 69.1 Å². The second-order valence-corrected chi connectivity index (χ2v) is 4.22. The van der Waals surface area contributed by atoms with Crippen LogP contribution in [0.2, 0.25) is 0 Å². The lowest BCUT2D eigenvalue weighted by atomic mass is 9.99. The fourth-order valence-corrected chi connectivity index (χ4v) is 1.60. The van der Waals surface area contributed by atoms with E-state index in [1.807, 2.05) is 6.92 Å². The van der Waals surface area contributed by atoms with E-state index >= 15 is 0 Å². The van der Waals surface area contributed by atoms with Gasteiger partial charge in [0.25, 0.3) is 0 Å². The molecular weight excluding hydrogens is 200 g/mol. The third kappa shape index (κ3) is 4.03. The first-order valence-corrected chi connectivity index (χ1v) is 5.70. The van der Waals surface area contributed by atoms with Crippen LogP contribution >= 0.6 is 0 Å². The predicted octanol–water partition coefficient (Wildman–Crippen LogP) is 1.24. The average molecular weight is 220 g/mol. The highest BCUT2D eigenvalue weighted by Gasteiger charge is 2.08. The molecule has 16 heavy (non-hydrogen) atoms. The number of hydrogen-bond donors (Lipinski definition) is 2. The summed E-state index contributed by atoms with van der Waals surface area (Å²) in [6, 6.07) is 8.31. The molecule has 1 rings (SSSR count). The molecule has 0 bridgehead atoms. The van der Waals surface area contributed by atoms with Crippen LogP contribution in [-0.4, -0.2) is 12.5 Å². The molecule has 1 aromatic carbocycles. The summed E-state index contributed by atoms with van der Waals surface area (Å²) in [6.45, 7) is 2.57. The number of primary amides is 1. The minimum atomic E-state index is -0.243. The zero-order chi connectivity index (χ0) is 12.0. The van der Waals surface area contributed by atoms with E-state index in [-0.39, 0.29) is 11.8 Å². The van der Waals surface area contributed by atoms with Crippen molar-refractivity contribution < 1.29 is 4.79 Å².